The molecule has 2 rings (SSSR count). The van der Waals surface area contributed by atoms with Gasteiger partial charge in [0.15, 0.2) is 0 Å². The first-order valence-electron chi connectivity index (χ1n) is 5.23. The van der Waals surface area contributed by atoms with Crippen molar-refractivity contribution >= 4 is 17.1 Å². The summed E-state index contributed by atoms with van der Waals surface area (Å²) in [5.74, 6) is 0.267. The number of hydrogen-bond acceptors (Lipinski definition) is 2. The van der Waals surface area contributed by atoms with Crippen LogP contribution in [0.3, 0.4) is 0 Å². The molecule has 0 fully saturated rings. The lowest BCUT2D eigenvalue weighted by molar-refractivity contribution is -0.117. The lowest BCUT2D eigenvalue weighted by Gasteiger charge is -2.13. The summed E-state index contributed by atoms with van der Waals surface area (Å²) >= 11 is 1.84. The Morgan fingerprint density at radius 2 is 1.87 bits per heavy atom. The summed E-state index contributed by atoms with van der Waals surface area (Å²) in [4.78, 5) is 14.0. The summed E-state index contributed by atoms with van der Waals surface area (Å²) in [6.45, 7) is 8.15. The Bertz CT molecular complexity index is 445. The molecule has 1 nitrogen and oxygen atoms in total. The van der Waals surface area contributed by atoms with Crippen molar-refractivity contribution in [2.24, 2.45) is 0 Å². The molecule has 1 aliphatic carbocycles. The molecule has 0 bridgehead atoms. The van der Waals surface area contributed by atoms with Crippen molar-refractivity contribution in [3.63, 3.8) is 0 Å². The van der Waals surface area contributed by atoms with Gasteiger partial charge in [0.05, 0.1) is 0 Å². The molecule has 2 heteroatoms. The molecule has 1 aromatic heterocycles. The highest BCUT2D eigenvalue weighted by Gasteiger charge is 2.40. The third-order valence-corrected chi connectivity index (χ3v) is 4.72. The zero-order chi connectivity index (χ0) is 11.2. The Balaban J connectivity index is 2.38. The third-order valence-electron chi connectivity index (χ3n) is 3.22. The summed E-state index contributed by atoms with van der Waals surface area (Å²) < 4.78 is 0. The van der Waals surface area contributed by atoms with E-state index >= 15 is 0 Å². The first-order valence-corrected chi connectivity index (χ1v) is 6.05. The molecule has 0 spiro atoms. The molecule has 1 aliphatic rings. The highest BCUT2D eigenvalue weighted by atomic mass is 32.1. The molecule has 0 aliphatic heterocycles. The number of ketones is 1. The quantitative estimate of drug-likeness (QED) is 0.713. The van der Waals surface area contributed by atoms with E-state index in [1.807, 2.05) is 11.3 Å². The van der Waals surface area contributed by atoms with Gasteiger partial charge in [-0.2, -0.15) is 0 Å². The maximum absolute atomic E-state index is 11.2. The van der Waals surface area contributed by atoms with Crippen molar-refractivity contribution in [3.8, 4) is 0 Å². The zero-order valence-electron chi connectivity index (χ0n) is 9.68. The second-order valence-electron chi connectivity index (χ2n) is 4.49. The average Bonchev–Trinajstić information content (AvgIpc) is 2.86. The fourth-order valence-corrected chi connectivity index (χ4v) is 3.36. The molecule has 0 amide bonds. The standard InChI is InChI=1S/C13H16OS/c1-8(14)7-13(5-6-13)12-10(3)9(2)11(4)15-12/h5-6H,7H2,1-4H3. The molecule has 0 aromatic carbocycles. The first-order chi connectivity index (χ1) is 6.96. The number of aryl methyl sites for hydroxylation is 1. The van der Waals surface area contributed by atoms with Crippen LogP contribution in [0.4, 0.5) is 0 Å². The lowest BCUT2D eigenvalue weighted by Crippen LogP contribution is -2.12. The molecule has 80 valence electrons. The summed E-state index contributed by atoms with van der Waals surface area (Å²) in [6.07, 6.45) is 4.95. The van der Waals surface area contributed by atoms with Crippen LogP contribution >= 0.6 is 11.3 Å². The largest absolute Gasteiger partial charge is 0.300 e. The van der Waals surface area contributed by atoms with Crippen molar-refractivity contribution in [3.05, 3.63) is 33.0 Å². The van der Waals surface area contributed by atoms with E-state index in [1.54, 1.807) is 6.92 Å². The molecule has 0 atom stereocenters. The molecular formula is C13H16OS. The van der Waals surface area contributed by atoms with Gasteiger partial charge in [-0.3, -0.25) is 4.79 Å². The number of allylic oxidation sites excluding steroid dienone is 2. The van der Waals surface area contributed by atoms with Gasteiger partial charge < -0.3 is 0 Å². The molecule has 0 radical (unpaired) electrons. The maximum atomic E-state index is 11.2. The van der Waals surface area contributed by atoms with E-state index in [1.165, 1.54) is 20.9 Å². The molecular weight excluding hydrogens is 204 g/mol. The van der Waals surface area contributed by atoms with E-state index in [4.69, 9.17) is 0 Å². The van der Waals surface area contributed by atoms with Crippen molar-refractivity contribution < 1.29 is 4.79 Å². The fraction of sp³-hybridized carbons (Fsp3) is 0.462. The van der Waals surface area contributed by atoms with Crippen LogP contribution in [-0.4, -0.2) is 5.78 Å². The molecule has 0 unspecified atom stereocenters. The minimum absolute atomic E-state index is 0.0143. The van der Waals surface area contributed by atoms with E-state index < -0.39 is 0 Å². The van der Waals surface area contributed by atoms with Gasteiger partial charge in [-0.15, -0.1) is 11.3 Å². The van der Waals surface area contributed by atoms with Gasteiger partial charge in [-0.1, -0.05) is 12.2 Å². The summed E-state index contributed by atoms with van der Waals surface area (Å²) in [7, 11) is 0. The van der Waals surface area contributed by atoms with Crippen LogP contribution < -0.4 is 0 Å². The molecule has 1 aromatic rings. The summed E-state index contributed by atoms with van der Waals surface area (Å²) in [5, 5.41) is 0. The first kappa shape index (κ1) is 10.6. The molecule has 1 heterocycles. The normalized spacial score (nSPS) is 16.8. The predicted molar refractivity (Wildman–Crippen MR) is 64.6 cm³/mol. The molecule has 0 N–H and O–H groups in total. The smallest absolute Gasteiger partial charge is 0.131 e. The van der Waals surface area contributed by atoms with Gasteiger partial charge >= 0.3 is 0 Å². The summed E-state index contributed by atoms with van der Waals surface area (Å²) in [6, 6.07) is 0. The van der Waals surface area contributed by atoms with Crippen LogP contribution in [0, 0.1) is 20.8 Å². The second kappa shape index (κ2) is 3.31. The van der Waals surface area contributed by atoms with Crippen LogP contribution in [0.1, 0.15) is 34.2 Å². The number of thiophene rings is 1. The summed E-state index contributed by atoms with van der Waals surface area (Å²) in [5.41, 5.74) is 2.73. The van der Waals surface area contributed by atoms with Crippen molar-refractivity contribution in [1.29, 1.82) is 0 Å². The maximum Gasteiger partial charge on any atom is 0.131 e. The van der Waals surface area contributed by atoms with E-state index in [0.717, 1.165) is 0 Å². The molecule has 0 saturated carbocycles. The highest BCUT2D eigenvalue weighted by Crippen LogP contribution is 2.48. The van der Waals surface area contributed by atoms with Crippen LogP contribution in [-0.2, 0) is 10.2 Å². The van der Waals surface area contributed by atoms with Gasteiger partial charge in [-0.25, -0.2) is 0 Å². The van der Waals surface area contributed by atoms with E-state index in [2.05, 4.69) is 32.9 Å². The van der Waals surface area contributed by atoms with Crippen LogP contribution in [0.15, 0.2) is 12.2 Å². The Labute approximate surface area is 94.8 Å². The van der Waals surface area contributed by atoms with Gasteiger partial charge in [0.25, 0.3) is 0 Å². The minimum atomic E-state index is -0.0143. The van der Waals surface area contributed by atoms with Gasteiger partial charge in [-0.05, 0) is 38.8 Å². The van der Waals surface area contributed by atoms with Crippen LogP contribution in [0.25, 0.3) is 0 Å². The number of Topliss-reactive ketones (excluding diaryl/α,β-unsaturated/α-hetero) is 1. The Morgan fingerprint density at radius 1 is 1.27 bits per heavy atom. The predicted octanol–water partition coefficient (Wildman–Crippen LogP) is 3.46. The number of carbonyl (C=O) groups excluding carboxylic acids is 1. The van der Waals surface area contributed by atoms with E-state index in [9.17, 15) is 4.79 Å². The molecule has 0 saturated heterocycles. The monoisotopic (exact) mass is 220 g/mol. The Morgan fingerprint density at radius 3 is 2.20 bits per heavy atom. The average molecular weight is 220 g/mol. The van der Waals surface area contributed by atoms with Crippen molar-refractivity contribution in [2.75, 3.05) is 0 Å². The minimum Gasteiger partial charge on any atom is -0.300 e. The topological polar surface area (TPSA) is 17.1 Å². The lowest BCUT2D eigenvalue weighted by atomic mass is 9.92. The van der Waals surface area contributed by atoms with Gasteiger partial charge in [0, 0.05) is 21.6 Å². The highest BCUT2D eigenvalue weighted by molar-refractivity contribution is 7.12. The van der Waals surface area contributed by atoms with E-state index in [-0.39, 0.29) is 11.2 Å². The SMILES string of the molecule is CC(=O)CC1(c2sc(C)c(C)c2C)C=C1. The van der Waals surface area contributed by atoms with E-state index in [0.29, 0.717) is 6.42 Å². The number of rotatable bonds is 3. The van der Waals surface area contributed by atoms with Crippen molar-refractivity contribution in [1.82, 2.24) is 0 Å². The van der Waals surface area contributed by atoms with Gasteiger partial charge in [0.1, 0.15) is 5.78 Å². The Hall–Kier alpha value is -0.890. The van der Waals surface area contributed by atoms with Crippen LogP contribution in [0.5, 0.6) is 0 Å². The molecule has 15 heavy (non-hydrogen) atoms. The second-order valence-corrected chi connectivity index (χ2v) is 5.71. The number of hydrogen-bond donors (Lipinski definition) is 0. The number of carbonyl (C=O) groups is 1. The van der Waals surface area contributed by atoms with Gasteiger partial charge in [0.2, 0.25) is 0 Å². The Kier molecular flexibility index (Phi) is 2.34. The third kappa shape index (κ3) is 1.67. The van der Waals surface area contributed by atoms with Crippen LogP contribution in [0.2, 0.25) is 0 Å². The zero-order valence-corrected chi connectivity index (χ0v) is 10.5. The fourth-order valence-electron chi connectivity index (χ4n) is 2.05. The van der Waals surface area contributed by atoms with Crippen molar-refractivity contribution in [2.45, 2.75) is 39.5 Å².